The fourth-order valence-corrected chi connectivity index (χ4v) is 3.64. The number of hydrogen-bond acceptors (Lipinski definition) is 5. The SMILES string of the molecule is CNc1nc(CN(C)C2CCCC2)nc2sccc12. The van der Waals surface area contributed by atoms with Crippen LogP contribution in [0.4, 0.5) is 5.82 Å². The molecule has 1 aliphatic carbocycles. The Bertz CT molecular complexity index is 560. The molecule has 3 rings (SSSR count). The second-order valence-electron chi connectivity index (χ2n) is 5.23. The van der Waals surface area contributed by atoms with Gasteiger partial charge in [0.05, 0.1) is 11.9 Å². The smallest absolute Gasteiger partial charge is 0.146 e. The second-order valence-corrected chi connectivity index (χ2v) is 6.13. The van der Waals surface area contributed by atoms with Crippen LogP contribution in [0.15, 0.2) is 11.4 Å². The van der Waals surface area contributed by atoms with Crippen molar-refractivity contribution in [3.05, 3.63) is 17.3 Å². The molecule has 2 aromatic rings. The van der Waals surface area contributed by atoms with E-state index in [-0.39, 0.29) is 0 Å². The average Bonchev–Trinajstić information content (AvgIpc) is 3.08. The number of anilines is 1. The van der Waals surface area contributed by atoms with Crippen LogP contribution in [0.5, 0.6) is 0 Å². The Morgan fingerprint density at radius 2 is 2.16 bits per heavy atom. The van der Waals surface area contributed by atoms with E-state index in [1.165, 1.54) is 25.7 Å². The van der Waals surface area contributed by atoms with Gasteiger partial charge >= 0.3 is 0 Å². The first-order valence-electron chi connectivity index (χ1n) is 6.90. The molecule has 1 N–H and O–H groups in total. The minimum absolute atomic E-state index is 0.709. The molecular formula is C14H20N4S. The highest BCUT2D eigenvalue weighted by atomic mass is 32.1. The molecule has 102 valence electrons. The summed E-state index contributed by atoms with van der Waals surface area (Å²) in [4.78, 5) is 12.8. The van der Waals surface area contributed by atoms with Crippen LogP contribution in [0.2, 0.25) is 0 Å². The zero-order chi connectivity index (χ0) is 13.2. The number of rotatable bonds is 4. The molecule has 19 heavy (non-hydrogen) atoms. The van der Waals surface area contributed by atoms with Crippen molar-refractivity contribution in [3.8, 4) is 0 Å². The van der Waals surface area contributed by atoms with Gasteiger partial charge in [-0.05, 0) is 31.3 Å². The molecule has 2 heterocycles. The van der Waals surface area contributed by atoms with Crippen molar-refractivity contribution < 1.29 is 0 Å². The van der Waals surface area contributed by atoms with Gasteiger partial charge in [0.1, 0.15) is 16.5 Å². The van der Waals surface area contributed by atoms with Crippen molar-refractivity contribution in [1.82, 2.24) is 14.9 Å². The van der Waals surface area contributed by atoms with E-state index >= 15 is 0 Å². The van der Waals surface area contributed by atoms with Gasteiger partial charge in [-0.1, -0.05) is 12.8 Å². The van der Waals surface area contributed by atoms with Crippen LogP contribution in [0.25, 0.3) is 10.2 Å². The number of aromatic nitrogens is 2. The Morgan fingerprint density at radius 3 is 2.89 bits per heavy atom. The van der Waals surface area contributed by atoms with Crippen LogP contribution in [-0.4, -0.2) is 35.0 Å². The molecule has 0 aromatic carbocycles. The van der Waals surface area contributed by atoms with Crippen molar-refractivity contribution >= 4 is 27.4 Å². The molecule has 1 saturated carbocycles. The molecule has 0 radical (unpaired) electrons. The Hall–Kier alpha value is -1.20. The number of fused-ring (bicyclic) bond motifs is 1. The summed E-state index contributed by atoms with van der Waals surface area (Å²) in [6, 6.07) is 2.79. The quantitative estimate of drug-likeness (QED) is 0.931. The maximum atomic E-state index is 4.68. The molecule has 0 atom stereocenters. The molecule has 0 aliphatic heterocycles. The summed E-state index contributed by atoms with van der Waals surface area (Å²) in [6.07, 6.45) is 5.36. The summed E-state index contributed by atoms with van der Waals surface area (Å²) >= 11 is 1.68. The highest BCUT2D eigenvalue weighted by Crippen LogP contribution is 2.26. The van der Waals surface area contributed by atoms with Gasteiger partial charge < -0.3 is 5.32 Å². The van der Waals surface area contributed by atoms with Crippen LogP contribution in [0, 0.1) is 0 Å². The van der Waals surface area contributed by atoms with Crippen molar-refractivity contribution in [3.63, 3.8) is 0 Å². The highest BCUT2D eigenvalue weighted by Gasteiger charge is 2.20. The summed E-state index contributed by atoms with van der Waals surface area (Å²) < 4.78 is 0. The van der Waals surface area contributed by atoms with E-state index < -0.39 is 0 Å². The van der Waals surface area contributed by atoms with Gasteiger partial charge in [0.2, 0.25) is 0 Å². The molecular weight excluding hydrogens is 256 g/mol. The van der Waals surface area contributed by atoms with E-state index in [1.54, 1.807) is 11.3 Å². The third kappa shape index (κ3) is 2.58. The monoisotopic (exact) mass is 276 g/mol. The Morgan fingerprint density at radius 1 is 1.37 bits per heavy atom. The lowest BCUT2D eigenvalue weighted by Gasteiger charge is -2.23. The molecule has 4 nitrogen and oxygen atoms in total. The molecule has 1 aliphatic rings. The lowest BCUT2D eigenvalue weighted by atomic mass is 10.2. The van der Waals surface area contributed by atoms with Gasteiger partial charge in [0.15, 0.2) is 0 Å². The van der Waals surface area contributed by atoms with Gasteiger partial charge in [0.25, 0.3) is 0 Å². The van der Waals surface area contributed by atoms with Crippen molar-refractivity contribution in [1.29, 1.82) is 0 Å². The van der Waals surface area contributed by atoms with E-state index in [9.17, 15) is 0 Å². The standard InChI is InChI=1S/C14H20N4S/c1-15-13-11-7-8-19-14(11)17-12(16-13)9-18(2)10-5-3-4-6-10/h7-8,10H,3-6,9H2,1-2H3,(H,15,16,17). The summed E-state index contributed by atoms with van der Waals surface area (Å²) in [5, 5.41) is 6.38. The van der Waals surface area contributed by atoms with Crippen molar-refractivity contribution in [2.45, 2.75) is 38.3 Å². The van der Waals surface area contributed by atoms with Crippen LogP contribution in [0.1, 0.15) is 31.5 Å². The molecule has 0 amide bonds. The topological polar surface area (TPSA) is 41.1 Å². The zero-order valence-corrected chi connectivity index (χ0v) is 12.3. The molecule has 1 fully saturated rings. The third-order valence-electron chi connectivity index (χ3n) is 3.95. The maximum Gasteiger partial charge on any atom is 0.146 e. The summed E-state index contributed by atoms with van der Waals surface area (Å²) in [5.74, 6) is 1.87. The minimum atomic E-state index is 0.709. The van der Waals surface area contributed by atoms with Gasteiger partial charge in [-0.25, -0.2) is 9.97 Å². The van der Waals surface area contributed by atoms with Crippen molar-refractivity contribution in [2.75, 3.05) is 19.4 Å². The summed E-state index contributed by atoms with van der Waals surface area (Å²) in [6.45, 7) is 0.840. The molecule has 2 aromatic heterocycles. The highest BCUT2D eigenvalue weighted by molar-refractivity contribution is 7.16. The van der Waals surface area contributed by atoms with E-state index in [1.807, 2.05) is 7.05 Å². The fraction of sp³-hybridized carbons (Fsp3) is 0.571. The largest absolute Gasteiger partial charge is 0.372 e. The second kappa shape index (κ2) is 5.43. The predicted octanol–water partition coefficient (Wildman–Crippen LogP) is 3.11. The van der Waals surface area contributed by atoms with Crippen molar-refractivity contribution in [2.24, 2.45) is 0 Å². The number of nitrogens with one attached hydrogen (secondary N) is 1. The number of nitrogens with zero attached hydrogens (tertiary/aromatic N) is 3. The van der Waals surface area contributed by atoms with Crippen LogP contribution >= 0.6 is 11.3 Å². The van der Waals surface area contributed by atoms with Gasteiger partial charge in [-0.3, -0.25) is 4.90 Å². The minimum Gasteiger partial charge on any atom is -0.372 e. The lowest BCUT2D eigenvalue weighted by molar-refractivity contribution is 0.232. The first kappa shape index (κ1) is 12.8. The Labute approximate surface area is 117 Å². The van der Waals surface area contributed by atoms with Gasteiger partial charge in [0, 0.05) is 13.1 Å². The maximum absolute atomic E-state index is 4.68. The van der Waals surface area contributed by atoms with Gasteiger partial charge in [-0.2, -0.15) is 0 Å². The fourth-order valence-electron chi connectivity index (χ4n) is 2.86. The lowest BCUT2D eigenvalue weighted by Crippen LogP contribution is -2.29. The van der Waals surface area contributed by atoms with Gasteiger partial charge in [-0.15, -0.1) is 11.3 Å². The number of hydrogen-bond donors (Lipinski definition) is 1. The molecule has 0 spiro atoms. The number of thiophene rings is 1. The Kier molecular flexibility index (Phi) is 3.66. The predicted molar refractivity (Wildman–Crippen MR) is 80.7 cm³/mol. The molecule has 0 bridgehead atoms. The first-order valence-corrected chi connectivity index (χ1v) is 7.78. The summed E-state index contributed by atoms with van der Waals surface area (Å²) in [5.41, 5.74) is 0. The molecule has 0 unspecified atom stereocenters. The zero-order valence-electron chi connectivity index (χ0n) is 11.5. The van der Waals surface area contributed by atoms with Crippen LogP contribution in [-0.2, 0) is 6.54 Å². The Balaban J connectivity index is 1.83. The molecule has 0 saturated heterocycles. The van der Waals surface area contributed by atoms with E-state index in [0.29, 0.717) is 6.04 Å². The summed E-state index contributed by atoms with van der Waals surface area (Å²) in [7, 11) is 4.11. The van der Waals surface area contributed by atoms with Crippen LogP contribution < -0.4 is 5.32 Å². The first-order chi connectivity index (χ1) is 9.28. The third-order valence-corrected chi connectivity index (χ3v) is 4.75. The van der Waals surface area contributed by atoms with E-state index in [2.05, 4.69) is 38.7 Å². The van der Waals surface area contributed by atoms with Crippen LogP contribution in [0.3, 0.4) is 0 Å². The van der Waals surface area contributed by atoms with E-state index in [4.69, 9.17) is 0 Å². The normalized spacial score (nSPS) is 16.6. The van der Waals surface area contributed by atoms with E-state index in [0.717, 1.165) is 28.4 Å². The average molecular weight is 276 g/mol. The molecule has 5 heteroatoms.